The maximum Gasteiger partial charge on any atom is 0.251 e. The van der Waals surface area contributed by atoms with Crippen LogP contribution < -0.4 is 10.9 Å². The Balaban J connectivity index is 2.63. The SMILES string of the molecule is Cn1ccc(C(=O)NCCN=[N+]=[N-])cc1=O. The molecule has 1 aromatic rings. The van der Waals surface area contributed by atoms with Crippen molar-refractivity contribution >= 4 is 5.91 Å². The minimum absolute atomic E-state index is 0.188. The van der Waals surface area contributed by atoms with Gasteiger partial charge in [-0.15, -0.1) is 0 Å². The zero-order valence-corrected chi connectivity index (χ0v) is 8.75. The van der Waals surface area contributed by atoms with Gasteiger partial charge in [-0.1, -0.05) is 5.11 Å². The molecule has 7 nitrogen and oxygen atoms in total. The summed E-state index contributed by atoms with van der Waals surface area (Å²) in [6.45, 7) is 0.436. The van der Waals surface area contributed by atoms with Crippen molar-refractivity contribution in [3.05, 3.63) is 44.7 Å². The molecule has 0 spiro atoms. The molecule has 0 bridgehead atoms. The van der Waals surface area contributed by atoms with E-state index in [1.54, 1.807) is 13.1 Å². The van der Waals surface area contributed by atoms with Crippen molar-refractivity contribution in [3.8, 4) is 0 Å². The topological polar surface area (TPSA) is 99.9 Å². The van der Waals surface area contributed by atoms with Crippen molar-refractivity contribution in [1.82, 2.24) is 9.88 Å². The Labute approximate surface area is 91.3 Å². The molecular formula is C9H11N5O2. The molecule has 0 aromatic carbocycles. The maximum absolute atomic E-state index is 11.5. The molecule has 1 N–H and O–H groups in total. The average molecular weight is 221 g/mol. The first-order valence-electron chi connectivity index (χ1n) is 4.61. The Kier molecular flexibility index (Phi) is 4.11. The summed E-state index contributed by atoms with van der Waals surface area (Å²) in [7, 11) is 1.60. The van der Waals surface area contributed by atoms with E-state index < -0.39 is 0 Å². The molecule has 0 aliphatic rings. The third-order valence-electron chi connectivity index (χ3n) is 1.93. The van der Waals surface area contributed by atoms with Crippen LogP contribution in [-0.2, 0) is 7.05 Å². The van der Waals surface area contributed by atoms with E-state index >= 15 is 0 Å². The Morgan fingerprint density at radius 2 is 2.44 bits per heavy atom. The van der Waals surface area contributed by atoms with Crippen LogP contribution in [0.2, 0.25) is 0 Å². The zero-order valence-electron chi connectivity index (χ0n) is 8.75. The average Bonchev–Trinajstić information content (AvgIpc) is 2.28. The maximum atomic E-state index is 11.5. The highest BCUT2D eigenvalue weighted by atomic mass is 16.2. The lowest BCUT2D eigenvalue weighted by Crippen LogP contribution is -2.28. The van der Waals surface area contributed by atoms with Crippen molar-refractivity contribution < 1.29 is 4.79 Å². The zero-order chi connectivity index (χ0) is 12.0. The summed E-state index contributed by atoms with van der Waals surface area (Å²) in [4.78, 5) is 25.3. The van der Waals surface area contributed by atoms with Gasteiger partial charge in [0.15, 0.2) is 0 Å². The minimum Gasteiger partial charge on any atom is -0.352 e. The van der Waals surface area contributed by atoms with E-state index in [9.17, 15) is 9.59 Å². The number of azide groups is 1. The van der Waals surface area contributed by atoms with Crippen LogP contribution in [0, 0.1) is 0 Å². The Morgan fingerprint density at radius 3 is 3.06 bits per heavy atom. The molecule has 0 saturated carbocycles. The van der Waals surface area contributed by atoms with Crippen LogP contribution in [0.15, 0.2) is 28.2 Å². The van der Waals surface area contributed by atoms with E-state index in [1.165, 1.54) is 16.8 Å². The van der Waals surface area contributed by atoms with E-state index in [4.69, 9.17) is 5.53 Å². The number of aryl methyl sites for hydroxylation is 1. The van der Waals surface area contributed by atoms with Crippen molar-refractivity contribution in [2.24, 2.45) is 12.2 Å². The number of hydrogen-bond donors (Lipinski definition) is 1. The van der Waals surface area contributed by atoms with Gasteiger partial charge in [-0.25, -0.2) is 0 Å². The summed E-state index contributed by atoms with van der Waals surface area (Å²) in [5, 5.41) is 5.80. The van der Waals surface area contributed by atoms with Crippen LogP contribution in [0.3, 0.4) is 0 Å². The summed E-state index contributed by atoms with van der Waals surface area (Å²) in [5.41, 5.74) is 8.06. The predicted molar refractivity (Wildman–Crippen MR) is 58.0 cm³/mol. The molecule has 16 heavy (non-hydrogen) atoms. The van der Waals surface area contributed by atoms with Crippen LogP contribution in [0.25, 0.3) is 10.4 Å². The van der Waals surface area contributed by atoms with E-state index in [2.05, 4.69) is 15.3 Å². The van der Waals surface area contributed by atoms with Crippen LogP contribution in [0.4, 0.5) is 0 Å². The van der Waals surface area contributed by atoms with Crippen LogP contribution >= 0.6 is 0 Å². The quantitative estimate of drug-likeness (QED) is 0.345. The first-order chi connectivity index (χ1) is 7.65. The van der Waals surface area contributed by atoms with Gasteiger partial charge >= 0.3 is 0 Å². The number of nitrogens with one attached hydrogen (secondary N) is 1. The predicted octanol–water partition coefficient (Wildman–Crippen LogP) is 0.425. The molecule has 0 aliphatic carbocycles. The molecule has 7 heteroatoms. The summed E-state index contributed by atoms with van der Waals surface area (Å²) in [6.07, 6.45) is 1.52. The summed E-state index contributed by atoms with van der Waals surface area (Å²) < 4.78 is 1.37. The molecule has 0 unspecified atom stereocenters. The van der Waals surface area contributed by atoms with Crippen molar-refractivity contribution in [1.29, 1.82) is 0 Å². The van der Waals surface area contributed by atoms with Gasteiger partial charge in [0.1, 0.15) is 0 Å². The second-order valence-corrected chi connectivity index (χ2v) is 3.07. The molecule has 84 valence electrons. The lowest BCUT2D eigenvalue weighted by atomic mass is 10.2. The number of pyridine rings is 1. The van der Waals surface area contributed by atoms with Crippen molar-refractivity contribution in [2.75, 3.05) is 13.1 Å². The molecule has 1 rings (SSSR count). The fourth-order valence-corrected chi connectivity index (χ4v) is 1.06. The molecule has 1 aromatic heterocycles. The van der Waals surface area contributed by atoms with E-state index in [0.29, 0.717) is 5.56 Å². The summed E-state index contributed by atoms with van der Waals surface area (Å²) in [6, 6.07) is 2.80. The van der Waals surface area contributed by atoms with Crippen molar-refractivity contribution in [3.63, 3.8) is 0 Å². The third-order valence-corrected chi connectivity index (χ3v) is 1.93. The number of carbonyl (C=O) groups excluding carboxylic acids is 1. The molecule has 1 heterocycles. The van der Waals surface area contributed by atoms with Gasteiger partial charge in [-0.2, -0.15) is 0 Å². The molecule has 0 aliphatic heterocycles. The lowest BCUT2D eigenvalue weighted by molar-refractivity contribution is 0.0954. The highest BCUT2D eigenvalue weighted by Crippen LogP contribution is 1.93. The molecule has 0 fully saturated rings. The van der Waals surface area contributed by atoms with Gasteiger partial charge < -0.3 is 9.88 Å². The fraction of sp³-hybridized carbons (Fsp3) is 0.333. The number of aromatic nitrogens is 1. The molecule has 1 amide bonds. The molecule has 0 atom stereocenters. The second-order valence-electron chi connectivity index (χ2n) is 3.07. The van der Waals surface area contributed by atoms with Crippen LogP contribution in [-0.4, -0.2) is 23.6 Å². The fourth-order valence-electron chi connectivity index (χ4n) is 1.06. The van der Waals surface area contributed by atoms with Gasteiger partial charge in [0, 0.05) is 42.9 Å². The normalized spacial score (nSPS) is 9.31. The van der Waals surface area contributed by atoms with Crippen LogP contribution in [0.1, 0.15) is 10.4 Å². The first-order valence-corrected chi connectivity index (χ1v) is 4.61. The lowest BCUT2D eigenvalue weighted by Gasteiger charge is -2.03. The Hall–Kier alpha value is -2.27. The Morgan fingerprint density at radius 1 is 1.69 bits per heavy atom. The van der Waals surface area contributed by atoms with E-state index in [0.717, 1.165) is 0 Å². The summed E-state index contributed by atoms with van der Waals surface area (Å²) >= 11 is 0. The largest absolute Gasteiger partial charge is 0.352 e. The standard InChI is InChI=1S/C9H11N5O2/c1-14-5-2-7(6-8(14)15)9(16)11-3-4-12-13-10/h2,5-6H,3-4H2,1H3,(H,11,16). The number of amides is 1. The Bertz CT molecular complexity index is 487. The molecule has 0 radical (unpaired) electrons. The highest BCUT2D eigenvalue weighted by Gasteiger charge is 2.05. The van der Waals surface area contributed by atoms with Gasteiger partial charge in [-0.3, -0.25) is 9.59 Å². The minimum atomic E-state index is -0.356. The van der Waals surface area contributed by atoms with Crippen LogP contribution in [0.5, 0.6) is 0 Å². The number of hydrogen-bond acceptors (Lipinski definition) is 3. The molecular weight excluding hydrogens is 210 g/mol. The smallest absolute Gasteiger partial charge is 0.251 e. The number of carbonyl (C=O) groups is 1. The summed E-state index contributed by atoms with van der Waals surface area (Å²) in [5.74, 6) is -0.356. The van der Waals surface area contributed by atoms with Crippen molar-refractivity contribution in [2.45, 2.75) is 0 Å². The third kappa shape index (κ3) is 3.14. The van der Waals surface area contributed by atoms with Gasteiger partial charge in [-0.05, 0) is 11.6 Å². The monoisotopic (exact) mass is 221 g/mol. The first kappa shape index (κ1) is 11.8. The van der Waals surface area contributed by atoms with Gasteiger partial charge in [0.25, 0.3) is 11.5 Å². The van der Waals surface area contributed by atoms with Gasteiger partial charge in [0.05, 0.1) is 0 Å². The highest BCUT2D eigenvalue weighted by molar-refractivity contribution is 5.93. The molecule has 0 saturated heterocycles. The second kappa shape index (κ2) is 5.57. The number of rotatable bonds is 4. The van der Waals surface area contributed by atoms with Gasteiger partial charge in [0.2, 0.25) is 0 Å². The van der Waals surface area contributed by atoms with E-state index in [1.807, 2.05) is 0 Å². The van der Waals surface area contributed by atoms with E-state index in [-0.39, 0.29) is 24.6 Å². The number of nitrogens with zero attached hydrogens (tertiary/aromatic N) is 4.